The minimum Gasteiger partial charge on any atom is -0.465 e. The zero-order chi connectivity index (χ0) is 20.9. The molecule has 0 unspecified atom stereocenters. The maximum atomic E-state index is 13.0. The molecule has 0 amide bonds. The molecule has 2 N–H and O–H groups in total. The third kappa shape index (κ3) is 4.59. The van der Waals surface area contributed by atoms with Gasteiger partial charge in [0.25, 0.3) is 5.82 Å². The molecule has 0 saturated carbocycles. The van der Waals surface area contributed by atoms with Crippen LogP contribution in [0, 0.1) is 5.92 Å². The fourth-order valence-corrected chi connectivity index (χ4v) is 2.60. The molecule has 1 heterocycles. The monoisotopic (exact) mass is 400 g/mol. The molecule has 0 aliphatic carbocycles. The van der Waals surface area contributed by atoms with E-state index < -0.39 is 41.8 Å². The van der Waals surface area contributed by atoms with Crippen LogP contribution in [0.2, 0.25) is 0 Å². The van der Waals surface area contributed by atoms with E-state index in [2.05, 4.69) is 10.1 Å². The number of carbonyl (C=O) groups is 2. The lowest BCUT2D eigenvalue weighted by atomic mass is 9.93. The molecule has 0 saturated heterocycles. The molecule has 0 aliphatic heterocycles. The lowest BCUT2D eigenvalue weighted by Crippen LogP contribution is -2.37. The van der Waals surface area contributed by atoms with Crippen molar-refractivity contribution in [1.82, 2.24) is 14.8 Å². The number of anilines is 1. The summed E-state index contributed by atoms with van der Waals surface area (Å²) in [5, 5.41) is 3.40. The van der Waals surface area contributed by atoms with Crippen LogP contribution in [0.5, 0.6) is 0 Å². The van der Waals surface area contributed by atoms with Crippen LogP contribution in [-0.2, 0) is 25.2 Å². The molecule has 11 heteroatoms. The maximum Gasteiger partial charge on any atom is 0.453 e. The van der Waals surface area contributed by atoms with E-state index in [0.29, 0.717) is 10.2 Å². The number of rotatable bonds is 7. The molecule has 0 fully saturated rings. The number of nitrogens with two attached hydrogens (primary N) is 1. The van der Waals surface area contributed by atoms with Crippen LogP contribution < -0.4 is 5.73 Å². The van der Waals surface area contributed by atoms with Crippen molar-refractivity contribution in [2.45, 2.75) is 26.1 Å². The topological polar surface area (TPSA) is 109 Å². The molecule has 0 radical (unpaired) electrons. The fourth-order valence-electron chi connectivity index (χ4n) is 2.60. The van der Waals surface area contributed by atoms with Gasteiger partial charge in [0.2, 0.25) is 5.95 Å². The Labute approximate surface area is 158 Å². The predicted octanol–water partition coefficient (Wildman–Crippen LogP) is 2.21. The van der Waals surface area contributed by atoms with Crippen molar-refractivity contribution in [3.8, 4) is 0 Å². The molecule has 28 heavy (non-hydrogen) atoms. The SMILES string of the molecule is CCOC(=O)C(C(=O)OCC)[C@H](c1ccccc1)n1nc(C(F)(F)F)nc1N. The number of hydrogen-bond acceptors (Lipinski definition) is 7. The Hall–Kier alpha value is -3.11. The van der Waals surface area contributed by atoms with Gasteiger partial charge in [0.15, 0.2) is 5.92 Å². The van der Waals surface area contributed by atoms with Crippen LogP contribution in [0.4, 0.5) is 19.1 Å². The summed E-state index contributed by atoms with van der Waals surface area (Å²) in [6, 6.07) is 6.54. The summed E-state index contributed by atoms with van der Waals surface area (Å²) >= 11 is 0. The minimum atomic E-state index is -4.86. The quantitative estimate of drug-likeness (QED) is 0.561. The highest BCUT2D eigenvalue weighted by atomic mass is 19.4. The van der Waals surface area contributed by atoms with Gasteiger partial charge in [-0.3, -0.25) is 9.59 Å². The van der Waals surface area contributed by atoms with Crippen molar-refractivity contribution in [2.75, 3.05) is 18.9 Å². The summed E-state index contributed by atoms with van der Waals surface area (Å²) in [7, 11) is 0. The van der Waals surface area contributed by atoms with E-state index in [1.165, 1.54) is 26.0 Å². The summed E-state index contributed by atoms with van der Waals surface area (Å²) in [6.45, 7) is 2.97. The molecular formula is C17H19F3N4O4. The van der Waals surface area contributed by atoms with Crippen LogP contribution in [0.25, 0.3) is 0 Å². The van der Waals surface area contributed by atoms with Gasteiger partial charge in [0.05, 0.1) is 13.2 Å². The van der Waals surface area contributed by atoms with E-state index >= 15 is 0 Å². The fraction of sp³-hybridized carbons (Fsp3) is 0.412. The van der Waals surface area contributed by atoms with Crippen LogP contribution in [-0.4, -0.2) is 39.9 Å². The summed E-state index contributed by atoms with van der Waals surface area (Å²) in [5.74, 6) is -5.68. The molecule has 0 spiro atoms. The normalized spacial score (nSPS) is 12.6. The Balaban J connectivity index is 2.66. The second kappa shape index (κ2) is 8.72. The van der Waals surface area contributed by atoms with Gasteiger partial charge in [-0.2, -0.15) is 18.2 Å². The van der Waals surface area contributed by atoms with Crippen LogP contribution in [0.3, 0.4) is 0 Å². The van der Waals surface area contributed by atoms with E-state index in [9.17, 15) is 22.8 Å². The largest absolute Gasteiger partial charge is 0.465 e. The van der Waals surface area contributed by atoms with Gasteiger partial charge in [-0.25, -0.2) is 4.68 Å². The summed E-state index contributed by atoms with van der Waals surface area (Å²) in [4.78, 5) is 28.3. The Kier molecular flexibility index (Phi) is 6.60. The first-order valence-corrected chi connectivity index (χ1v) is 8.38. The van der Waals surface area contributed by atoms with Crippen molar-refractivity contribution < 1.29 is 32.2 Å². The number of alkyl halides is 3. The van der Waals surface area contributed by atoms with E-state index in [0.717, 1.165) is 0 Å². The Bertz CT molecular complexity index is 806. The highest BCUT2D eigenvalue weighted by Crippen LogP contribution is 2.33. The first-order chi connectivity index (χ1) is 13.2. The molecule has 1 aromatic carbocycles. The number of hydrogen-bond donors (Lipinski definition) is 1. The number of benzene rings is 1. The smallest absolute Gasteiger partial charge is 0.453 e. The molecule has 2 rings (SSSR count). The van der Waals surface area contributed by atoms with E-state index in [-0.39, 0.29) is 13.2 Å². The predicted molar refractivity (Wildman–Crippen MR) is 90.8 cm³/mol. The summed E-state index contributed by atoms with van der Waals surface area (Å²) in [6.07, 6.45) is -4.86. The first kappa shape index (κ1) is 21.2. The van der Waals surface area contributed by atoms with Gasteiger partial charge >= 0.3 is 18.1 Å². The zero-order valence-electron chi connectivity index (χ0n) is 15.1. The Morgan fingerprint density at radius 3 is 2.07 bits per heavy atom. The summed E-state index contributed by atoms with van der Waals surface area (Å²) in [5.41, 5.74) is 5.95. The second-order valence-corrected chi connectivity index (χ2v) is 5.57. The zero-order valence-corrected chi connectivity index (χ0v) is 15.1. The van der Waals surface area contributed by atoms with Gasteiger partial charge in [0, 0.05) is 0 Å². The van der Waals surface area contributed by atoms with Gasteiger partial charge in [-0.15, -0.1) is 5.10 Å². The number of nitrogens with zero attached hydrogens (tertiary/aromatic N) is 3. The third-order valence-electron chi connectivity index (χ3n) is 3.71. The van der Waals surface area contributed by atoms with E-state index in [1.807, 2.05) is 0 Å². The van der Waals surface area contributed by atoms with Gasteiger partial charge < -0.3 is 15.2 Å². The molecular weight excluding hydrogens is 381 g/mol. The molecule has 2 aromatic rings. The maximum absolute atomic E-state index is 13.0. The molecule has 1 aromatic heterocycles. The average molecular weight is 400 g/mol. The number of ether oxygens (including phenoxy) is 2. The minimum absolute atomic E-state index is 0.0448. The Morgan fingerprint density at radius 2 is 1.64 bits per heavy atom. The van der Waals surface area contributed by atoms with Crippen LogP contribution in [0.15, 0.2) is 30.3 Å². The number of carbonyl (C=O) groups excluding carboxylic acids is 2. The van der Waals surface area contributed by atoms with Crippen molar-refractivity contribution in [1.29, 1.82) is 0 Å². The number of esters is 2. The highest BCUT2D eigenvalue weighted by Gasteiger charge is 2.43. The lowest BCUT2D eigenvalue weighted by Gasteiger charge is -2.25. The molecule has 8 nitrogen and oxygen atoms in total. The van der Waals surface area contributed by atoms with E-state index in [1.54, 1.807) is 18.2 Å². The third-order valence-corrected chi connectivity index (χ3v) is 3.71. The molecule has 152 valence electrons. The van der Waals surface area contributed by atoms with Crippen molar-refractivity contribution in [3.05, 3.63) is 41.7 Å². The lowest BCUT2D eigenvalue weighted by molar-refractivity contribution is -0.163. The van der Waals surface area contributed by atoms with Crippen molar-refractivity contribution in [3.63, 3.8) is 0 Å². The van der Waals surface area contributed by atoms with Gasteiger partial charge in [-0.1, -0.05) is 30.3 Å². The van der Waals surface area contributed by atoms with Crippen molar-refractivity contribution in [2.24, 2.45) is 5.92 Å². The van der Waals surface area contributed by atoms with Crippen molar-refractivity contribution >= 4 is 17.9 Å². The highest BCUT2D eigenvalue weighted by molar-refractivity contribution is 5.96. The average Bonchev–Trinajstić information content (AvgIpc) is 3.02. The van der Waals surface area contributed by atoms with Crippen LogP contribution >= 0.6 is 0 Å². The van der Waals surface area contributed by atoms with Crippen LogP contribution in [0.1, 0.15) is 31.3 Å². The van der Waals surface area contributed by atoms with E-state index in [4.69, 9.17) is 15.2 Å². The molecule has 0 bridgehead atoms. The number of halogens is 3. The second-order valence-electron chi connectivity index (χ2n) is 5.57. The standard InChI is InChI=1S/C17H19F3N4O4/c1-3-27-13(25)11(14(26)28-4-2)12(10-8-6-5-7-9-10)24-16(21)22-15(23-24)17(18,19)20/h5-9,11-12H,3-4H2,1-2H3,(H2,21,22,23)/t12-/m0/s1. The van der Waals surface area contributed by atoms with Gasteiger partial charge in [-0.05, 0) is 19.4 Å². The molecule has 0 aliphatic rings. The first-order valence-electron chi connectivity index (χ1n) is 8.38. The Morgan fingerprint density at radius 1 is 1.11 bits per heavy atom. The number of nitrogen functional groups attached to an aromatic ring is 1. The molecule has 1 atom stereocenters. The summed E-state index contributed by atoms with van der Waals surface area (Å²) < 4.78 is 49.7. The number of aromatic nitrogens is 3. The van der Waals surface area contributed by atoms with Gasteiger partial charge in [0.1, 0.15) is 6.04 Å².